The van der Waals surface area contributed by atoms with Crippen molar-refractivity contribution in [1.82, 2.24) is 15.0 Å². The van der Waals surface area contributed by atoms with Gasteiger partial charge in [-0.25, -0.2) is 4.68 Å². The molecular weight excluding hydrogens is 186 g/mol. The maximum atomic E-state index is 9.60. The van der Waals surface area contributed by atoms with E-state index in [9.17, 15) is 5.11 Å². The minimum Gasteiger partial charge on any atom is -0.391 e. The molecule has 0 amide bonds. The van der Waals surface area contributed by atoms with Gasteiger partial charge in [-0.05, 0) is 6.92 Å². The third kappa shape index (κ3) is 2.76. The zero-order valence-corrected chi connectivity index (χ0v) is 8.29. The van der Waals surface area contributed by atoms with Crippen LogP contribution in [0.2, 0.25) is 0 Å². The summed E-state index contributed by atoms with van der Waals surface area (Å²) >= 11 is 0. The first-order chi connectivity index (χ1) is 6.65. The second-order valence-corrected chi connectivity index (χ2v) is 3.16. The van der Waals surface area contributed by atoms with Crippen molar-refractivity contribution in [1.29, 1.82) is 0 Å². The number of hydrogen-bond acceptors (Lipinski definition) is 5. The van der Waals surface area contributed by atoms with Gasteiger partial charge >= 0.3 is 0 Å². The molecule has 6 heteroatoms. The number of methoxy groups -OCH3 is 1. The summed E-state index contributed by atoms with van der Waals surface area (Å²) in [5, 5.41) is 26.2. The van der Waals surface area contributed by atoms with Crippen LogP contribution >= 0.6 is 0 Å². The Bertz CT molecular complexity index is 275. The van der Waals surface area contributed by atoms with Gasteiger partial charge in [-0.3, -0.25) is 0 Å². The summed E-state index contributed by atoms with van der Waals surface area (Å²) in [6.45, 7) is 2.15. The maximum Gasteiger partial charge on any atom is 0.120 e. The molecule has 0 aliphatic rings. The van der Waals surface area contributed by atoms with Crippen LogP contribution in [0.3, 0.4) is 0 Å². The SMILES string of the molecule is COC[C@@H](O)c1cnnn1CC(C)O. The van der Waals surface area contributed by atoms with Crippen LogP contribution in [0.25, 0.3) is 0 Å². The number of rotatable bonds is 5. The molecule has 1 unspecified atom stereocenters. The van der Waals surface area contributed by atoms with Crippen molar-refractivity contribution in [2.75, 3.05) is 13.7 Å². The molecule has 0 aliphatic heterocycles. The number of ether oxygens (including phenoxy) is 1. The van der Waals surface area contributed by atoms with E-state index >= 15 is 0 Å². The maximum absolute atomic E-state index is 9.60. The molecule has 0 saturated heterocycles. The minimum atomic E-state index is -0.756. The lowest BCUT2D eigenvalue weighted by Gasteiger charge is -2.12. The highest BCUT2D eigenvalue weighted by molar-refractivity contribution is 4.99. The molecule has 2 N–H and O–H groups in total. The zero-order chi connectivity index (χ0) is 10.6. The molecule has 1 heterocycles. The fourth-order valence-corrected chi connectivity index (χ4v) is 1.16. The Hall–Kier alpha value is -0.980. The normalized spacial score (nSPS) is 15.4. The lowest BCUT2D eigenvalue weighted by molar-refractivity contribution is 0.0563. The van der Waals surface area contributed by atoms with Crippen LogP contribution in [-0.4, -0.2) is 45.0 Å². The van der Waals surface area contributed by atoms with Crippen LogP contribution < -0.4 is 0 Å². The van der Waals surface area contributed by atoms with Gasteiger partial charge in [0, 0.05) is 7.11 Å². The number of nitrogens with zero attached hydrogens (tertiary/aromatic N) is 3. The summed E-state index contributed by atoms with van der Waals surface area (Å²) in [5.41, 5.74) is 0.549. The van der Waals surface area contributed by atoms with Gasteiger partial charge in [0.1, 0.15) is 6.10 Å². The smallest absolute Gasteiger partial charge is 0.120 e. The summed E-state index contributed by atoms with van der Waals surface area (Å²) in [6, 6.07) is 0. The Morgan fingerprint density at radius 2 is 2.29 bits per heavy atom. The first kappa shape index (κ1) is 11.1. The molecule has 0 radical (unpaired) electrons. The standard InChI is InChI=1S/C8H15N3O3/c1-6(12)4-11-7(3-9-10-11)8(13)5-14-2/h3,6,8,12-13H,4-5H2,1-2H3/t6?,8-/m1/s1. The number of aliphatic hydroxyl groups excluding tert-OH is 2. The lowest BCUT2D eigenvalue weighted by Crippen LogP contribution is -2.18. The number of aliphatic hydroxyl groups is 2. The molecule has 0 fully saturated rings. The van der Waals surface area contributed by atoms with Crippen molar-refractivity contribution in [3.8, 4) is 0 Å². The van der Waals surface area contributed by atoms with Gasteiger partial charge in [0.2, 0.25) is 0 Å². The van der Waals surface area contributed by atoms with Crippen LogP contribution in [0.1, 0.15) is 18.7 Å². The molecule has 14 heavy (non-hydrogen) atoms. The van der Waals surface area contributed by atoms with Crippen molar-refractivity contribution in [2.24, 2.45) is 0 Å². The van der Waals surface area contributed by atoms with Crippen LogP contribution in [0.4, 0.5) is 0 Å². The molecule has 1 aromatic rings. The van der Waals surface area contributed by atoms with E-state index in [4.69, 9.17) is 9.84 Å². The highest BCUT2D eigenvalue weighted by Crippen LogP contribution is 2.11. The topological polar surface area (TPSA) is 80.4 Å². The second kappa shape index (κ2) is 5.04. The Kier molecular flexibility index (Phi) is 3.99. The highest BCUT2D eigenvalue weighted by Gasteiger charge is 2.14. The molecule has 0 saturated carbocycles. The third-order valence-electron chi connectivity index (χ3n) is 1.75. The van der Waals surface area contributed by atoms with Gasteiger partial charge in [0.15, 0.2) is 0 Å². The van der Waals surface area contributed by atoms with Crippen molar-refractivity contribution in [3.05, 3.63) is 11.9 Å². The van der Waals surface area contributed by atoms with Gasteiger partial charge in [0.05, 0.1) is 31.1 Å². The monoisotopic (exact) mass is 201 g/mol. The quantitative estimate of drug-likeness (QED) is 0.661. The second-order valence-electron chi connectivity index (χ2n) is 3.16. The predicted molar refractivity (Wildman–Crippen MR) is 48.5 cm³/mol. The van der Waals surface area contributed by atoms with E-state index in [1.807, 2.05) is 0 Å². The van der Waals surface area contributed by atoms with Crippen LogP contribution in [-0.2, 0) is 11.3 Å². The van der Waals surface area contributed by atoms with Crippen molar-refractivity contribution in [2.45, 2.75) is 25.7 Å². The van der Waals surface area contributed by atoms with E-state index in [0.717, 1.165) is 0 Å². The Morgan fingerprint density at radius 3 is 2.86 bits per heavy atom. The summed E-state index contributed by atoms with van der Waals surface area (Å²) in [4.78, 5) is 0. The first-order valence-electron chi connectivity index (χ1n) is 4.38. The first-order valence-corrected chi connectivity index (χ1v) is 4.38. The van der Waals surface area contributed by atoms with Crippen molar-refractivity contribution < 1.29 is 14.9 Å². The van der Waals surface area contributed by atoms with Gasteiger partial charge in [-0.2, -0.15) is 0 Å². The third-order valence-corrected chi connectivity index (χ3v) is 1.75. The average Bonchev–Trinajstić information content (AvgIpc) is 2.51. The minimum absolute atomic E-state index is 0.188. The van der Waals surface area contributed by atoms with Gasteiger partial charge in [0.25, 0.3) is 0 Å². The Balaban J connectivity index is 2.70. The highest BCUT2D eigenvalue weighted by atomic mass is 16.5. The van der Waals surface area contributed by atoms with E-state index in [2.05, 4.69) is 10.3 Å². The van der Waals surface area contributed by atoms with E-state index in [-0.39, 0.29) is 6.61 Å². The Labute approximate surface area is 82.1 Å². The fraction of sp³-hybridized carbons (Fsp3) is 0.750. The molecule has 0 aromatic carbocycles. The molecule has 6 nitrogen and oxygen atoms in total. The fourth-order valence-electron chi connectivity index (χ4n) is 1.16. The molecule has 0 spiro atoms. The van der Waals surface area contributed by atoms with E-state index in [0.29, 0.717) is 12.2 Å². The lowest BCUT2D eigenvalue weighted by atomic mass is 10.3. The summed E-state index contributed by atoms with van der Waals surface area (Å²) < 4.78 is 6.27. The van der Waals surface area contributed by atoms with Crippen LogP contribution in [0.15, 0.2) is 6.20 Å². The van der Waals surface area contributed by atoms with E-state index in [1.165, 1.54) is 18.0 Å². The molecule has 0 bridgehead atoms. The van der Waals surface area contributed by atoms with E-state index in [1.54, 1.807) is 6.92 Å². The number of aromatic nitrogens is 3. The molecule has 80 valence electrons. The van der Waals surface area contributed by atoms with Crippen LogP contribution in [0, 0.1) is 0 Å². The molecule has 0 aliphatic carbocycles. The Morgan fingerprint density at radius 1 is 1.57 bits per heavy atom. The molecule has 1 rings (SSSR count). The van der Waals surface area contributed by atoms with Gasteiger partial charge in [-0.1, -0.05) is 5.21 Å². The number of hydrogen-bond donors (Lipinski definition) is 2. The van der Waals surface area contributed by atoms with Crippen molar-refractivity contribution >= 4 is 0 Å². The van der Waals surface area contributed by atoms with Gasteiger partial charge in [-0.15, -0.1) is 5.10 Å². The van der Waals surface area contributed by atoms with E-state index < -0.39 is 12.2 Å². The largest absolute Gasteiger partial charge is 0.391 e. The van der Waals surface area contributed by atoms with Gasteiger partial charge < -0.3 is 14.9 Å². The summed E-state index contributed by atoms with van der Waals surface area (Å²) in [6.07, 6.45) is 0.186. The van der Waals surface area contributed by atoms with Crippen molar-refractivity contribution in [3.63, 3.8) is 0 Å². The average molecular weight is 201 g/mol. The summed E-state index contributed by atoms with van der Waals surface area (Å²) in [5.74, 6) is 0. The molecule has 2 atom stereocenters. The zero-order valence-electron chi connectivity index (χ0n) is 8.29. The summed E-state index contributed by atoms with van der Waals surface area (Å²) in [7, 11) is 1.51. The molecule has 1 aromatic heterocycles. The predicted octanol–water partition coefficient (Wildman–Crippen LogP) is -0.661. The van der Waals surface area contributed by atoms with Crippen LogP contribution in [0.5, 0.6) is 0 Å². The molecular formula is C8H15N3O3.